The van der Waals surface area contributed by atoms with Gasteiger partial charge in [0.1, 0.15) is 18.8 Å². The van der Waals surface area contributed by atoms with Gasteiger partial charge in [-0.3, -0.25) is 0 Å². The third-order valence-electron chi connectivity index (χ3n) is 2.91. The van der Waals surface area contributed by atoms with E-state index in [9.17, 15) is 15.0 Å². The fourth-order valence-corrected chi connectivity index (χ4v) is 1.87. The molecule has 8 heteroatoms. The van der Waals surface area contributed by atoms with Crippen LogP contribution in [0.1, 0.15) is 10.4 Å². The van der Waals surface area contributed by atoms with E-state index in [-0.39, 0.29) is 6.61 Å². The van der Waals surface area contributed by atoms with E-state index >= 15 is 0 Å². The summed E-state index contributed by atoms with van der Waals surface area (Å²) in [5.74, 6) is -0.567. The SMILES string of the molecule is [N-]=[N+]=N[C@@H]1C(O)O[C@H](COC(=O)c2ccccc2)[C@H]1O. The van der Waals surface area contributed by atoms with Gasteiger partial charge >= 0.3 is 5.97 Å². The van der Waals surface area contributed by atoms with Gasteiger partial charge in [-0.15, -0.1) is 0 Å². The average Bonchev–Trinajstić information content (AvgIpc) is 2.73. The van der Waals surface area contributed by atoms with Gasteiger partial charge in [0.2, 0.25) is 0 Å². The number of carbonyl (C=O) groups is 1. The number of esters is 1. The van der Waals surface area contributed by atoms with Gasteiger partial charge in [0.05, 0.1) is 11.7 Å². The summed E-state index contributed by atoms with van der Waals surface area (Å²) in [6.07, 6.45) is -3.58. The van der Waals surface area contributed by atoms with Crippen LogP contribution in [0, 0.1) is 0 Å². The molecule has 0 aromatic heterocycles. The molecule has 0 saturated carbocycles. The number of ether oxygens (including phenoxy) is 2. The van der Waals surface area contributed by atoms with Gasteiger partial charge in [-0.05, 0) is 17.7 Å². The van der Waals surface area contributed by atoms with Crippen molar-refractivity contribution in [2.24, 2.45) is 5.11 Å². The minimum atomic E-state index is -1.42. The van der Waals surface area contributed by atoms with Crippen LogP contribution in [0.5, 0.6) is 0 Å². The van der Waals surface area contributed by atoms with Crippen molar-refractivity contribution in [3.63, 3.8) is 0 Å². The fraction of sp³-hybridized carbons (Fsp3) is 0.417. The molecule has 20 heavy (non-hydrogen) atoms. The van der Waals surface area contributed by atoms with Crippen molar-refractivity contribution in [1.29, 1.82) is 0 Å². The Hall–Kier alpha value is -2.12. The normalized spacial score (nSPS) is 28.7. The Labute approximate surface area is 114 Å². The Bertz CT molecular complexity index is 517. The maximum atomic E-state index is 11.7. The molecule has 4 atom stereocenters. The van der Waals surface area contributed by atoms with Gasteiger partial charge in [0.15, 0.2) is 6.29 Å². The quantitative estimate of drug-likeness (QED) is 0.361. The zero-order chi connectivity index (χ0) is 14.5. The lowest BCUT2D eigenvalue weighted by Crippen LogP contribution is -2.33. The van der Waals surface area contributed by atoms with Crippen LogP contribution in [0.15, 0.2) is 35.4 Å². The second-order valence-corrected chi connectivity index (χ2v) is 4.22. The van der Waals surface area contributed by atoms with E-state index in [2.05, 4.69) is 10.0 Å². The van der Waals surface area contributed by atoms with Gasteiger partial charge in [-0.25, -0.2) is 4.79 Å². The number of carbonyl (C=O) groups excluding carboxylic acids is 1. The highest BCUT2D eigenvalue weighted by Crippen LogP contribution is 2.23. The molecule has 106 valence electrons. The molecule has 0 aliphatic carbocycles. The first-order chi connectivity index (χ1) is 9.63. The van der Waals surface area contributed by atoms with E-state index in [0.717, 1.165) is 0 Å². The molecule has 1 aliphatic rings. The maximum absolute atomic E-state index is 11.7. The Balaban J connectivity index is 1.92. The smallest absolute Gasteiger partial charge is 0.338 e. The number of hydrogen-bond donors (Lipinski definition) is 2. The lowest BCUT2D eigenvalue weighted by atomic mass is 10.1. The number of aliphatic hydroxyl groups is 2. The molecular weight excluding hydrogens is 266 g/mol. The van der Waals surface area contributed by atoms with Crippen LogP contribution in [-0.4, -0.2) is 47.3 Å². The van der Waals surface area contributed by atoms with Gasteiger partial charge < -0.3 is 19.7 Å². The minimum absolute atomic E-state index is 0.247. The number of rotatable bonds is 4. The van der Waals surface area contributed by atoms with Crippen molar-refractivity contribution >= 4 is 5.97 Å². The summed E-state index contributed by atoms with van der Waals surface area (Å²) in [6, 6.07) is 7.22. The summed E-state index contributed by atoms with van der Waals surface area (Å²) in [6.45, 7) is -0.247. The van der Waals surface area contributed by atoms with Gasteiger partial charge in [-0.2, -0.15) is 0 Å². The molecule has 0 radical (unpaired) electrons. The van der Waals surface area contributed by atoms with Crippen molar-refractivity contribution in [1.82, 2.24) is 0 Å². The summed E-state index contributed by atoms with van der Waals surface area (Å²) in [7, 11) is 0. The average molecular weight is 279 g/mol. The maximum Gasteiger partial charge on any atom is 0.338 e. The molecule has 1 fully saturated rings. The van der Waals surface area contributed by atoms with Crippen molar-refractivity contribution in [3.8, 4) is 0 Å². The van der Waals surface area contributed by atoms with Crippen LogP contribution in [0.4, 0.5) is 0 Å². The molecule has 2 rings (SSSR count). The largest absolute Gasteiger partial charge is 0.459 e. The summed E-state index contributed by atoms with van der Waals surface area (Å²) in [4.78, 5) is 14.2. The molecule has 0 amide bonds. The van der Waals surface area contributed by atoms with Crippen LogP contribution in [0.25, 0.3) is 10.4 Å². The topological polar surface area (TPSA) is 125 Å². The second-order valence-electron chi connectivity index (χ2n) is 4.22. The van der Waals surface area contributed by atoms with E-state index in [4.69, 9.17) is 15.0 Å². The van der Waals surface area contributed by atoms with E-state index < -0.39 is 30.5 Å². The van der Waals surface area contributed by atoms with Crippen LogP contribution < -0.4 is 0 Å². The number of azide groups is 1. The molecule has 1 aliphatic heterocycles. The summed E-state index contributed by atoms with van der Waals surface area (Å²) in [5.41, 5.74) is 8.68. The first kappa shape index (κ1) is 14.3. The highest BCUT2D eigenvalue weighted by atomic mass is 16.6. The molecule has 1 saturated heterocycles. The number of aliphatic hydroxyl groups excluding tert-OH is 2. The van der Waals surface area contributed by atoms with Crippen LogP contribution in [0.3, 0.4) is 0 Å². The van der Waals surface area contributed by atoms with Crippen molar-refractivity contribution in [2.45, 2.75) is 24.5 Å². The summed E-state index contributed by atoms with van der Waals surface area (Å²) in [5, 5.41) is 22.5. The second kappa shape index (κ2) is 6.36. The molecule has 1 aromatic carbocycles. The lowest BCUT2D eigenvalue weighted by molar-refractivity contribution is -0.112. The molecule has 2 N–H and O–H groups in total. The zero-order valence-electron chi connectivity index (χ0n) is 10.4. The van der Waals surface area contributed by atoms with E-state index in [1.54, 1.807) is 30.3 Å². The first-order valence-corrected chi connectivity index (χ1v) is 5.91. The minimum Gasteiger partial charge on any atom is -0.459 e. The molecule has 1 aromatic rings. The number of nitrogens with zero attached hydrogens (tertiary/aromatic N) is 3. The molecule has 0 bridgehead atoms. The molecular formula is C12H13N3O5. The van der Waals surface area contributed by atoms with Crippen molar-refractivity contribution in [2.75, 3.05) is 6.61 Å². The van der Waals surface area contributed by atoms with Crippen LogP contribution in [0.2, 0.25) is 0 Å². The summed E-state index contributed by atoms with van der Waals surface area (Å²) < 4.78 is 9.98. The Kier molecular flexibility index (Phi) is 4.54. The highest BCUT2D eigenvalue weighted by Gasteiger charge is 2.43. The van der Waals surface area contributed by atoms with Crippen LogP contribution >= 0.6 is 0 Å². The highest BCUT2D eigenvalue weighted by molar-refractivity contribution is 5.89. The zero-order valence-corrected chi connectivity index (χ0v) is 10.4. The Morgan fingerprint density at radius 1 is 1.40 bits per heavy atom. The third kappa shape index (κ3) is 3.06. The molecule has 1 heterocycles. The third-order valence-corrected chi connectivity index (χ3v) is 2.91. The predicted molar refractivity (Wildman–Crippen MR) is 66.5 cm³/mol. The molecule has 8 nitrogen and oxygen atoms in total. The van der Waals surface area contributed by atoms with Gasteiger partial charge in [-0.1, -0.05) is 23.3 Å². The molecule has 0 spiro atoms. The fourth-order valence-electron chi connectivity index (χ4n) is 1.87. The Morgan fingerprint density at radius 2 is 2.10 bits per heavy atom. The van der Waals surface area contributed by atoms with E-state index in [0.29, 0.717) is 5.56 Å². The number of hydrogen-bond acceptors (Lipinski definition) is 6. The lowest BCUT2D eigenvalue weighted by Gasteiger charge is -2.14. The standard InChI is InChI=1S/C12H13N3O5/c13-15-14-9-10(16)8(20-12(9)18)6-19-11(17)7-4-2-1-3-5-7/h1-5,8-10,12,16,18H,6H2/t8-,9+,10-,12?/m1/s1. The van der Waals surface area contributed by atoms with E-state index in [1.165, 1.54) is 0 Å². The predicted octanol–water partition coefficient (Wildman–Crippen LogP) is 0.600. The number of benzene rings is 1. The van der Waals surface area contributed by atoms with Gasteiger partial charge in [0.25, 0.3) is 0 Å². The van der Waals surface area contributed by atoms with Crippen molar-refractivity contribution in [3.05, 3.63) is 46.3 Å². The van der Waals surface area contributed by atoms with Gasteiger partial charge in [0, 0.05) is 4.91 Å². The van der Waals surface area contributed by atoms with Crippen LogP contribution in [-0.2, 0) is 9.47 Å². The monoisotopic (exact) mass is 279 g/mol. The Morgan fingerprint density at radius 3 is 2.75 bits per heavy atom. The first-order valence-electron chi connectivity index (χ1n) is 5.91. The summed E-state index contributed by atoms with van der Waals surface area (Å²) >= 11 is 0. The molecule has 1 unspecified atom stereocenters. The van der Waals surface area contributed by atoms with E-state index in [1.807, 2.05) is 0 Å². The van der Waals surface area contributed by atoms with Crippen molar-refractivity contribution < 1.29 is 24.5 Å².